The van der Waals surface area contributed by atoms with Gasteiger partial charge in [0, 0.05) is 33.3 Å². The van der Waals surface area contributed by atoms with Crippen molar-refractivity contribution in [2.24, 2.45) is 0 Å². The second kappa shape index (κ2) is 10.0. The molecule has 0 bridgehead atoms. The first-order valence-corrected chi connectivity index (χ1v) is 14.5. The molecule has 0 spiro atoms. The molecule has 0 radical (unpaired) electrons. The Morgan fingerprint density at radius 3 is 1.59 bits per heavy atom. The Hall–Kier alpha value is -4.76. The van der Waals surface area contributed by atoms with Crippen LogP contribution in [-0.4, -0.2) is 15.8 Å². The lowest BCUT2D eigenvalue weighted by molar-refractivity contribution is 1.12. The molecule has 0 atom stereocenters. The number of nitrogens with zero attached hydrogens (tertiary/aromatic N) is 2. The third-order valence-corrected chi connectivity index (χ3v) is 8.69. The zero-order valence-corrected chi connectivity index (χ0v) is 24.1. The molecule has 3 heteroatoms. The lowest BCUT2D eigenvalue weighted by Gasteiger charge is -2.21. The Morgan fingerprint density at radius 1 is 0.488 bits per heavy atom. The summed E-state index contributed by atoms with van der Waals surface area (Å²) < 4.78 is 4.98. The second-order valence-corrected chi connectivity index (χ2v) is 11.1. The van der Waals surface area contributed by atoms with Crippen molar-refractivity contribution in [1.82, 2.24) is 9.13 Å². The van der Waals surface area contributed by atoms with Gasteiger partial charge in [-0.05, 0) is 62.7 Å². The maximum Gasteiger partial charge on any atom is 0.229 e. The maximum absolute atomic E-state index is 2.51. The van der Waals surface area contributed by atoms with Crippen molar-refractivity contribution < 1.29 is 0 Å². The van der Waals surface area contributed by atoms with Crippen LogP contribution in [0.3, 0.4) is 0 Å². The quantitative estimate of drug-likeness (QED) is 0.199. The topological polar surface area (TPSA) is 9.86 Å². The minimum atomic E-state index is 0.153. The molecule has 0 aliphatic heterocycles. The third-order valence-electron chi connectivity index (χ3n) is 8.69. The first-order valence-electron chi connectivity index (χ1n) is 14.5. The predicted octanol–water partition coefficient (Wildman–Crippen LogP) is 8.41. The molecule has 0 unspecified atom stereocenters. The van der Waals surface area contributed by atoms with E-state index in [2.05, 4.69) is 164 Å². The molecule has 0 saturated heterocycles. The van der Waals surface area contributed by atoms with Crippen molar-refractivity contribution >= 4 is 39.6 Å². The van der Waals surface area contributed by atoms with Gasteiger partial charge in [-0.3, -0.25) is 0 Å². The molecule has 7 rings (SSSR count). The van der Waals surface area contributed by atoms with Crippen molar-refractivity contribution in [1.29, 1.82) is 0 Å². The second-order valence-electron chi connectivity index (χ2n) is 11.1. The van der Waals surface area contributed by atoms with Gasteiger partial charge in [-0.2, -0.15) is 0 Å². The van der Waals surface area contributed by atoms with Crippen molar-refractivity contribution in [3.63, 3.8) is 0 Å². The van der Waals surface area contributed by atoms with E-state index in [1.165, 1.54) is 72.2 Å². The number of hydrogen-bond acceptors (Lipinski definition) is 0. The van der Waals surface area contributed by atoms with Crippen LogP contribution in [-0.2, 0) is 0 Å². The zero-order chi connectivity index (χ0) is 28.1. The summed E-state index contributed by atoms with van der Waals surface area (Å²) in [6, 6.07) is 46.1. The van der Waals surface area contributed by atoms with Gasteiger partial charge >= 0.3 is 0 Å². The lowest BCUT2D eigenvalue weighted by atomic mass is 9.42. The Bertz CT molecular complexity index is 2010. The van der Waals surface area contributed by atoms with Gasteiger partial charge in [0.05, 0.1) is 16.7 Å². The average molecular weight is 529 g/mol. The van der Waals surface area contributed by atoms with Crippen LogP contribution in [0.25, 0.3) is 44.4 Å². The highest BCUT2D eigenvalue weighted by molar-refractivity contribution is 6.85. The number of benzene rings is 5. The van der Waals surface area contributed by atoms with Crippen LogP contribution in [0.5, 0.6) is 0 Å². The molecule has 7 aromatic rings. The number of hydrogen-bond donors (Lipinski definition) is 0. The van der Waals surface area contributed by atoms with Gasteiger partial charge in [0.1, 0.15) is 0 Å². The van der Waals surface area contributed by atoms with Gasteiger partial charge in [0.25, 0.3) is 0 Å². The maximum atomic E-state index is 2.51. The zero-order valence-electron chi connectivity index (χ0n) is 24.1. The highest BCUT2D eigenvalue weighted by Gasteiger charge is 2.31. The smallest absolute Gasteiger partial charge is 0.229 e. The largest absolute Gasteiger partial charge is 0.321 e. The van der Waals surface area contributed by atoms with E-state index < -0.39 is 0 Å². The molecule has 198 valence electrons. The Labute approximate surface area is 242 Å². The molecule has 41 heavy (non-hydrogen) atoms. The van der Waals surface area contributed by atoms with E-state index >= 15 is 0 Å². The van der Waals surface area contributed by atoms with Gasteiger partial charge in [-0.25, -0.2) is 0 Å². The van der Waals surface area contributed by atoms with E-state index in [1.54, 1.807) is 0 Å². The lowest BCUT2D eigenvalue weighted by Crippen LogP contribution is -2.46. The fourth-order valence-electron chi connectivity index (χ4n) is 6.97. The van der Waals surface area contributed by atoms with Crippen LogP contribution in [0.2, 0.25) is 6.82 Å². The summed E-state index contributed by atoms with van der Waals surface area (Å²) in [4.78, 5) is 0. The van der Waals surface area contributed by atoms with Gasteiger partial charge in [-0.15, -0.1) is 0 Å². The molecule has 2 nitrogen and oxygen atoms in total. The first kappa shape index (κ1) is 25.2. The fourth-order valence-corrected chi connectivity index (χ4v) is 6.97. The van der Waals surface area contributed by atoms with Crippen LogP contribution in [0, 0.1) is 20.8 Å². The molecule has 0 fully saturated rings. The predicted molar refractivity (Wildman–Crippen MR) is 177 cm³/mol. The number of fused-ring (bicyclic) bond motifs is 2. The first-order chi connectivity index (χ1) is 20.1. The fraction of sp³-hybridized carbons (Fsp3) is 0.105. The summed E-state index contributed by atoms with van der Waals surface area (Å²) in [6.45, 7) is 9.33. The number of para-hydroxylation sites is 4. The van der Waals surface area contributed by atoms with Crippen LogP contribution in [0.4, 0.5) is 0 Å². The van der Waals surface area contributed by atoms with Gasteiger partial charge < -0.3 is 9.13 Å². The SMILES string of the molecule is CB(c1c(C)cccc1C)c1c(-c2c(C)c3ccccc3n2-c2ccccc2)c2ccccc2n1-c1ccccc1. The standard InChI is InChI=1S/C38H33BN2/c1-26-16-15-17-27(2)36(26)39(4)38-35(32-23-12-14-25-34(32)41(38)30-20-9-6-10-21-30)37-28(3)31-22-11-13-24-33(31)40(37)29-18-7-5-8-19-29/h5-25H,1-4H3. The summed E-state index contributed by atoms with van der Waals surface area (Å²) in [5.74, 6) is 0. The van der Waals surface area contributed by atoms with E-state index in [4.69, 9.17) is 0 Å². The Kier molecular flexibility index (Phi) is 6.16. The van der Waals surface area contributed by atoms with E-state index in [1.807, 2.05) is 0 Å². The minimum absolute atomic E-state index is 0.153. The Balaban J connectivity index is 1.69. The molecule has 0 amide bonds. The molecular weight excluding hydrogens is 495 g/mol. The molecule has 0 saturated carbocycles. The molecule has 2 heterocycles. The van der Waals surface area contributed by atoms with E-state index in [9.17, 15) is 0 Å². The van der Waals surface area contributed by atoms with E-state index in [0.717, 1.165) is 0 Å². The summed E-state index contributed by atoms with van der Waals surface area (Å²) in [5, 5.41) is 2.56. The van der Waals surface area contributed by atoms with Crippen LogP contribution < -0.4 is 11.1 Å². The van der Waals surface area contributed by atoms with Crippen molar-refractivity contribution in [2.45, 2.75) is 27.6 Å². The molecule has 0 N–H and O–H groups in total. The van der Waals surface area contributed by atoms with Crippen molar-refractivity contribution in [3.05, 3.63) is 144 Å². The Morgan fingerprint density at radius 2 is 0.976 bits per heavy atom. The highest BCUT2D eigenvalue weighted by Crippen LogP contribution is 2.40. The normalized spacial score (nSPS) is 11.4. The number of aromatic nitrogens is 2. The number of rotatable bonds is 5. The van der Waals surface area contributed by atoms with Crippen molar-refractivity contribution in [2.75, 3.05) is 0 Å². The van der Waals surface area contributed by atoms with Crippen molar-refractivity contribution in [3.8, 4) is 22.6 Å². The third kappa shape index (κ3) is 3.95. The van der Waals surface area contributed by atoms with Crippen LogP contribution in [0.15, 0.2) is 127 Å². The molecule has 0 aliphatic rings. The van der Waals surface area contributed by atoms with Crippen LogP contribution in [0.1, 0.15) is 16.7 Å². The van der Waals surface area contributed by atoms with Gasteiger partial charge in [-0.1, -0.05) is 114 Å². The average Bonchev–Trinajstić information content (AvgIpc) is 3.50. The summed E-state index contributed by atoms with van der Waals surface area (Å²) in [6.07, 6.45) is 0. The monoisotopic (exact) mass is 528 g/mol. The molecule has 2 aromatic heterocycles. The van der Waals surface area contributed by atoms with Gasteiger partial charge in [0.15, 0.2) is 0 Å². The minimum Gasteiger partial charge on any atom is -0.321 e. The van der Waals surface area contributed by atoms with Gasteiger partial charge in [0.2, 0.25) is 6.71 Å². The number of aryl methyl sites for hydroxylation is 3. The molecule has 0 aliphatic carbocycles. The van der Waals surface area contributed by atoms with E-state index in [0.29, 0.717) is 0 Å². The summed E-state index contributed by atoms with van der Waals surface area (Å²) in [5.41, 5.74) is 14.1. The molecule has 5 aromatic carbocycles. The highest BCUT2D eigenvalue weighted by atomic mass is 15.0. The molecular formula is C38H33BN2. The summed E-state index contributed by atoms with van der Waals surface area (Å²) in [7, 11) is 0. The van der Waals surface area contributed by atoms with E-state index in [-0.39, 0.29) is 6.71 Å². The summed E-state index contributed by atoms with van der Waals surface area (Å²) >= 11 is 0. The van der Waals surface area contributed by atoms with Crippen LogP contribution >= 0.6 is 0 Å².